The van der Waals surface area contributed by atoms with Crippen molar-refractivity contribution in [3.8, 4) is 0 Å². The Hall–Kier alpha value is -3.20. The van der Waals surface area contributed by atoms with E-state index in [4.69, 9.17) is 4.74 Å². The maximum atomic E-state index is 12.6. The van der Waals surface area contributed by atoms with Gasteiger partial charge in [-0.3, -0.25) is 19.3 Å². The molecule has 0 radical (unpaired) electrons. The molecule has 0 bridgehead atoms. The number of thiophene rings is 1. The van der Waals surface area contributed by atoms with Gasteiger partial charge in [0.15, 0.2) is 6.61 Å². The molecular weight excluding hydrogens is 382 g/mol. The van der Waals surface area contributed by atoms with Gasteiger partial charge in [-0.05, 0) is 31.5 Å². The minimum absolute atomic E-state index is 0.152. The number of anilines is 3. The Bertz CT molecular complexity index is 982. The number of carbonyl (C=O) groups is 4. The number of fused-ring (bicyclic) bond motifs is 1. The van der Waals surface area contributed by atoms with Crippen molar-refractivity contribution < 1.29 is 23.9 Å². The molecule has 9 heteroatoms. The normalized spacial score (nSPS) is 12.8. The summed E-state index contributed by atoms with van der Waals surface area (Å²) in [5.41, 5.74) is 2.00. The van der Waals surface area contributed by atoms with Crippen LogP contribution in [0.25, 0.3) is 0 Å². The summed E-state index contributed by atoms with van der Waals surface area (Å²) in [4.78, 5) is 50.5. The van der Waals surface area contributed by atoms with Crippen LogP contribution in [0.3, 0.4) is 0 Å². The summed E-state index contributed by atoms with van der Waals surface area (Å²) in [6.45, 7) is 4.26. The first-order valence-corrected chi connectivity index (χ1v) is 9.33. The summed E-state index contributed by atoms with van der Waals surface area (Å²) < 4.78 is 5.20. The van der Waals surface area contributed by atoms with Crippen molar-refractivity contribution in [2.75, 3.05) is 28.7 Å². The van der Waals surface area contributed by atoms with Gasteiger partial charge in [-0.25, -0.2) is 4.79 Å². The lowest BCUT2D eigenvalue weighted by Crippen LogP contribution is -2.44. The van der Waals surface area contributed by atoms with Crippen LogP contribution in [-0.4, -0.2) is 36.8 Å². The predicted molar refractivity (Wildman–Crippen MR) is 106 cm³/mol. The largest absolute Gasteiger partial charge is 0.452 e. The van der Waals surface area contributed by atoms with Crippen molar-refractivity contribution in [2.45, 2.75) is 20.8 Å². The van der Waals surface area contributed by atoms with E-state index in [1.54, 1.807) is 31.2 Å². The molecule has 146 valence electrons. The van der Waals surface area contributed by atoms with Gasteiger partial charge in [-0.1, -0.05) is 12.1 Å². The summed E-state index contributed by atoms with van der Waals surface area (Å²) in [5, 5.41) is 5.70. The van der Waals surface area contributed by atoms with Gasteiger partial charge in [0.25, 0.3) is 5.91 Å². The van der Waals surface area contributed by atoms with Gasteiger partial charge in [-0.15, -0.1) is 11.3 Å². The molecule has 2 aromatic rings. The van der Waals surface area contributed by atoms with Gasteiger partial charge in [0.05, 0.1) is 16.9 Å². The minimum atomic E-state index is -0.700. The van der Waals surface area contributed by atoms with Crippen LogP contribution in [0.2, 0.25) is 0 Å². The Morgan fingerprint density at radius 1 is 1.25 bits per heavy atom. The molecule has 3 rings (SSSR count). The molecule has 2 N–H and O–H groups in total. The molecule has 1 aromatic heterocycles. The van der Waals surface area contributed by atoms with Crippen molar-refractivity contribution in [1.29, 1.82) is 0 Å². The van der Waals surface area contributed by atoms with Crippen LogP contribution in [0, 0.1) is 13.8 Å². The third-order valence-electron chi connectivity index (χ3n) is 4.28. The molecule has 0 fully saturated rings. The maximum Gasteiger partial charge on any atom is 0.341 e. The Kier molecular flexibility index (Phi) is 5.46. The lowest BCUT2D eigenvalue weighted by molar-refractivity contribution is -0.124. The van der Waals surface area contributed by atoms with Crippen LogP contribution in [0.4, 0.5) is 16.4 Å². The molecule has 8 nitrogen and oxygen atoms in total. The van der Waals surface area contributed by atoms with Crippen molar-refractivity contribution in [3.05, 3.63) is 40.3 Å². The number of benzene rings is 1. The minimum Gasteiger partial charge on any atom is -0.452 e. The van der Waals surface area contributed by atoms with Gasteiger partial charge in [0.1, 0.15) is 11.5 Å². The highest BCUT2D eigenvalue weighted by molar-refractivity contribution is 7.16. The van der Waals surface area contributed by atoms with E-state index in [1.807, 2.05) is 6.92 Å². The first kappa shape index (κ1) is 19.6. The second-order valence-electron chi connectivity index (χ2n) is 6.29. The molecule has 1 aliphatic rings. The molecule has 0 saturated heterocycles. The number of amides is 3. The van der Waals surface area contributed by atoms with E-state index < -0.39 is 18.5 Å². The number of nitrogens with one attached hydrogen (secondary N) is 2. The lowest BCUT2D eigenvalue weighted by Gasteiger charge is -2.28. The summed E-state index contributed by atoms with van der Waals surface area (Å²) in [6.07, 6.45) is 0. The van der Waals surface area contributed by atoms with Gasteiger partial charge in [0.2, 0.25) is 11.8 Å². The van der Waals surface area contributed by atoms with Crippen LogP contribution in [0.5, 0.6) is 0 Å². The van der Waals surface area contributed by atoms with Crippen LogP contribution >= 0.6 is 11.3 Å². The fraction of sp³-hybridized carbons (Fsp3) is 0.263. The summed E-state index contributed by atoms with van der Waals surface area (Å²) >= 11 is 1.27. The van der Waals surface area contributed by atoms with Gasteiger partial charge in [0, 0.05) is 11.8 Å². The Morgan fingerprint density at radius 2 is 1.96 bits per heavy atom. The third kappa shape index (κ3) is 3.89. The molecule has 3 amide bonds. The standard InChI is InChI=1S/C19H19N3O5S/c1-10-11(2)28-18(20-12(3)23)17(10)19(26)27-9-16(25)22-8-15(24)21-13-6-4-5-7-14(13)22/h4-7H,8-9H2,1-3H3,(H,20,23)(H,21,24). The molecule has 1 aliphatic heterocycles. The number of ether oxygens (including phenoxy) is 1. The van der Waals surface area contributed by atoms with Crippen molar-refractivity contribution >= 4 is 51.4 Å². The molecular formula is C19H19N3O5S. The van der Waals surface area contributed by atoms with Gasteiger partial charge < -0.3 is 15.4 Å². The number of esters is 1. The highest BCUT2D eigenvalue weighted by Gasteiger charge is 2.28. The molecule has 0 unspecified atom stereocenters. The number of hydrogen-bond acceptors (Lipinski definition) is 6. The zero-order valence-electron chi connectivity index (χ0n) is 15.6. The molecule has 1 aromatic carbocycles. The molecule has 28 heavy (non-hydrogen) atoms. The predicted octanol–water partition coefficient (Wildman–Crippen LogP) is 2.47. The maximum absolute atomic E-state index is 12.6. The second kappa shape index (κ2) is 7.81. The average Bonchev–Trinajstić information content (AvgIpc) is 2.91. The Balaban J connectivity index is 1.75. The zero-order valence-corrected chi connectivity index (χ0v) is 16.4. The van der Waals surface area contributed by atoms with Crippen molar-refractivity contribution in [1.82, 2.24) is 0 Å². The second-order valence-corrected chi connectivity index (χ2v) is 7.51. The summed E-state index contributed by atoms with van der Waals surface area (Å²) in [5.74, 6) is -1.84. The number of nitrogens with zero attached hydrogens (tertiary/aromatic N) is 1. The van der Waals surface area contributed by atoms with E-state index >= 15 is 0 Å². The summed E-state index contributed by atoms with van der Waals surface area (Å²) in [7, 11) is 0. The molecule has 0 spiro atoms. The topological polar surface area (TPSA) is 105 Å². The van der Waals surface area contributed by atoms with Gasteiger partial charge >= 0.3 is 5.97 Å². The number of carbonyl (C=O) groups excluding carboxylic acids is 4. The molecule has 0 atom stereocenters. The molecule has 2 heterocycles. The van der Waals surface area contributed by atoms with Crippen molar-refractivity contribution in [3.63, 3.8) is 0 Å². The van der Waals surface area contributed by atoms with E-state index in [0.29, 0.717) is 21.9 Å². The van der Waals surface area contributed by atoms with E-state index in [9.17, 15) is 19.2 Å². The number of hydrogen-bond donors (Lipinski definition) is 2. The molecule has 0 saturated carbocycles. The Labute approximate surface area is 165 Å². The number of rotatable bonds is 4. The van der Waals surface area contributed by atoms with Crippen LogP contribution < -0.4 is 15.5 Å². The Morgan fingerprint density at radius 3 is 2.68 bits per heavy atom. The first-order valence-electron chi connectivity index (χ1n) is 8.52. The fourth-order valence-corrected chi connectivity index (χ4v) is 3.95. The van der Waals surface area contributed by atoms with Gasteiger partial charge in [-0.2, -0.15) is 0 Å². The number of aryl methyl sites for hydroxylation is 1. The van der Waals surface area contributed by atoms with Crippen LogP contribution in [0.1, 0.15) is 27.7 Å². The zero-order chi connectivity index (χ0) is 20.4. The summed E-state index contributed by atoms with van der Waals surface area (Å²) in [6, 6.07) is 6.89. The smallest absolute Gasteiger partial charge is 0.341 e. The van der Waals surface area contributed by atoms with E-state index in [-0.39, 0.29) is 23.9 Å². The SMILES string of the molecule is CC(=O)Nc1sc(C)c(C)c1C(=O)OCC(=O)N1CC(=O)Nc2ccccc21. The van der Waals surface area contributed by atoms with Crippen LogP contribution in [0.15, 0.2) is 24.3 Å². The quantitative estimate of drug-likeness (QED) is 0.766. The van der Waals surface area contributed by atoms with E-state index in [1.165, 1.54) is 23.2 Å². The van der Waals surface area contributed by atoms with Crippen LogP contribution in [-0.2, 0) is 19.1 Å². The third-order valence-corrected chi connectivity index (χ3v) is 5.40. The fourth-order valence-electron chi connectivity index (χ4n) is 2.85. The highest BCUT2D eigenvalue weighted by Crippen LogP contribution is 2.33. The van der Waals surface area contributed by atoms with E-state index in [0.717, 1.165) is 4.88 Å². The number of para-hydroxylation sites is 2. The molecule has 0 aliphatic carbocycles. The average molecular weight is 401 g/mol. The monoisotopic (exact) mass is 401 g/mol. The lowest BCUT2D eigenvalue weighted by atomic mass is 10.1. The van der Waals surface area contributed by atoms with E-state index in [2.05, 4.69) is 10.6 Å². The first-order chi connectivity index (χ1) is 13.3. The van der Waals surface area contributed by atoms with Crippen molar-refractivity contribution in [2.24, 2.45) is 0 Å². The highest BCUT2D eigenvalue weighted by atomic mass is 32.1.